The van der Waals surface area contributed by atoms with E-state index in [1.807, 2.05) is 0 Å². The van der Waals surface area contributed by atoms with Gasteiger partial charge in [-0.05, 0) is 12.3 Å². The number of carboxylic acids is 1. The molecule has 2 N–H and O–H groups in total. The van der Waals surface area contributed by atoms with Crippen molar-refractivity contribution in [2.75, 3.05) is 20.1 Å². The predicted octanol–water partition coefficient (Wildman–Crippen LogP) is 0.512. The quantitative estimate of drug-likeness (QED) is 0.679. The Bertz CT molecular complexity index is 226. The normalized spacial score (nSPS) is 14.9. The minimum absolute atomic E-state index is 0.255. The van der Waals surface area contributed by atoms with Crippen molar-refractivity contribution in [3.63, 3.8) is 0 Å². The molecule has 0 aromatic carbocycles. The highest BCUT2D eigenvalue weighted by atomic mass is 16.4. The van der Waals surface area contributed by atoms with Crippen molar-refractivity contribution in [1.82, 2.24) is 10.2 Å². The molecule has 0 radical (unpaired) electrons. The maximum absolute atomic E-state index is 11.2. The summed E-state index contributed by atoms with van der Waals surface area (Å²) in [6, 6.07) is -0.312. The first-order chi connectivity index (χ1) is 6.59. The summed E-state index contributed by atoms with van der Waals surface area (Å²) >= 11 is 0. The molecule has 0 aliphatic heterocycles. The van der Waals surface area contributed by atoms with E-state index in [2.05, 4.69) is 5.32 Å². The molecule has 0 aromatic rings. The van der Waals surface area contributed by atoms with Gasteiger partial charge in [-0.1, -0.05) is 12.8 Å². The van der Waals surface area contributed by atoms with Crippen LogP contribution in [0.3, 0.4) is 0 Å². The zero-order chi connectivity index (χ0) is 10.6. The van der Waals surface area contributed by atoms with E-state index in [1.165, 1.54) is 19.9 Å². The van der Waals surface area contributed by atoms with Crippen molar-refractivity contribution in [3.8, 4) is 0 Å². The highest BCUT2D eigenvalue weighted by Crippen LogP contribution is 2.31. The van der Waals surface area contributed by atoms with Gasteiger partial charge in [-0.3, -0.25) is 4.79 Å². The van der Waals surface area contributed by atoms with Crippen LogP contribution >= 0.6 is 0 Å². The number of hydrogen-bond acceptors (Lipinski definition) is 2. The summed E-state index contributed by atoms with van der Waals surface area (Å²) in [5.74, 6) is -0.218. The maximum Gasteiger partial charge on any atom is 0.323 e. The Morgan fingerprint density at radius 2 is 2.14 bits per heavy atom. The molecular formula is C9H16N2O3. The summed E-state index contributed by atoms with van der Waals surface area (Å²) in [6.45, 7) is 0.392. The lowest BCUT2D eigenvalue weighted by Crippen LogP contribution is -2.40. The number of aliphatic carboxylic acids is 1. The van der Waals surface area contributed by atoms with Crippen molar-refractivity contribution in [2.24, 2.45) is 5.92 Å². The van der Waals surface area contributed by atoms with Gasteiger partial charge < -0.3 is 15.3 Å². The van der Waals surface area contributed by atoms with Crippen LogP contribution < -0.4 is 5.32 Å². The number of carbonyl (C=O) groups is 2. The van der Waals surface area contributed by atoms with E-state index in [0.29, 0.717) is 6.54 Å². The first-order valence-corrected chi connectivity index (χ1v) is 4.80. The van der Waals surface area contributed by atoms with Crippen molar-refractivity contribution < 1.29 is 14.7 Å². The number of carboxylic acid groups (broad SMARTS) is 1. The first kappa shape index (κ1) is 10.8. The van der Waals surface area contributed by atoms with Gasteiger partial charge >= 0.3 is 12.0 Å². The zero-order valence-electron chi connectivity index (χ0n) is 8.32. The smallest absolute Gasteiger partial charge is 0.323 e. The lowest BCUT2D eigenvalue weighted by Gasteiger charge is -2.15. The molecule has 5 heteroatoms. The molecule has 0 bridgehead atoms. The van der Waals surface area contributed by atoms with Gasteiger partial charge in [0, 0.05) is 13.6 Å². The summed E-state index contributed by atoms with van der Waals surface area (Å²) in [4.78, 5) is 22.7. The summed E-state index contributed by atoms with van der Waals surface area (Å²) in [6.07, 6.45) is 3.54. The molecule has 5 nitrogen and oxygen atoms in total. The minimum Gasteiger partial charge on any atom is -0.480 e. The molecule has 0 saturated heterocycles. The second-order valence-corrected chi connectivity index (χ2v) is 3.71. The Balaban J connectivity index is 2.08. The van der Waals surface area contributed by atoms with Gasteiger partial charge in [-0.15, -0.1) is 0 Å². The second kappa shape index (κ2) is 4.83. The van der Waals surface area contributed by atoms with Crippen LogP contribution in [0.1, 0.15) is 19.3 Å². The molecule has 0 aromatic heterocycles. The van der Waals surface area contributed by atoms with E-state index in [1.54, 1.807) is 0 Å². The summed E-state index contributed by atoms with van der Waals surface area (Å²) in [5, 5.41) is 11.1. The zero-order valence-corrected chi connectivity index (χ0v) is 8.32. The van der Waals surface area contributed by atoms with Gasteiger partial charge in [0.25, 0.3) is 0 Å². The van der Waals surface area contributed by atoms with E-state index in [-0.39, 0.29) is 12.6 Å². The standard InChI is InChI=1S/C9H16N2O3/c1-11(6-8(12)13)9(14)10-5-4-7-2-3-7/h7H,2-6H2,1H3,(H,10,14)(H,12,13). The van der Waals surface area contributed by atoms with Gasteiger partial charge in [-0.2, -0.15) is 0 Å². The van der Waals surface area contributed by atoms with E-state index < -0.39 is 5.97 Å². The average molecular weight is 200 g/mol. The van der Waals surface area contributed by atoms with Crippen molar-refractivity contribution in [2.45, 2.75) is 19.3 Å². The Labute approximate surface area is 83.1 Å². The number of rotatable bonds is 5. The highest BCUT2D eigenvalue weighted by molar-refractivity contribution is 5.79. The third-order valence-corrected chi connectivity index (χ3v) is 2.24. The minimum atomic E-state index is -0.996. The molecule has 0 unspecified atom stereocenters. The molecule has 1 aliphatic carbocycles. The summed E-state index contributed by atoms with van der Waals surface area (Å²) < 4.78 is 0. The molecule has 1 fully saturated rings. The Hall–Kier alpha value is -1.26. The van der Waals surface area contributed by atoms with E-state index in [0.717, 1.165) is 17.2 Å². The Kier molecular flexibility index (Phi) is 3.73. The SMILES string of the molecule is CN(CC(=O)O)C(=O)NCCC1CC1. The van der Waals surface area contributed by atoms with Crippen LogP contribution in [0.2, 0.25) is 0 Å². The van der Waals surface area contributed by atoms with Crippen molar-refractivity contribution in [1.29, 1.82) is 0 Å². The molecule has 1 saturated carbocycles. The van der Waals surface area contributed by atoms with Crippen LogP contribution in [0.25, 0.3) is 0 Å². The average Bonchev–Trinajstić information content (AvgIpc) is 2.86. The van der Waals surface area contributed by atoms with Crippen LogP contribution in [0.15, 0.2) is 0 Å². The molecule has 14 heavy (non-hydrogen) atoms. The van der Waals surface area contributed by atoms with E-state index >= 15 is 0 Å². The third kappa shape index (κ3) is 4.11. The van der Waals surface area contributed by atoms with Crippen LogP contribution in [-0.2, 0) is 4.79 Å². The summed E-state index contributed by atoms with van der Waals surface area (Å²) in [5.41, 5.74) is 0. The Morgan fingerprint density at radius 1 is 1.50 bits per heavy atom. The number of urea groups is 1. The van der Waals surface area contributed by atoms with Crippen molar-refractivity contribution in [3.05, 3.63) is 0 Å². The molecule has 1 aliphatic rings. The van der Waals surface area contributed by atoms with Gasteiger partial charge in [-0.25, -0.2) is 4.79 Å². The maximum atomic E-state index is 11.2. The molecule has 1 rings (SSSR count). The second-order valence-electron chi connectivity index (χ2n) is 3.71. The number of nitrogens with zero attached hydrogens (tertiary/aromatic N) is 1. The fraction of sp³-hybridized carbons (Fsp3) is 0.778. The number of amides is 2. The number of hydrogen-bond donors (Lipinski definition) is 2. The number of carbonyl (C=O) groups excluding carboxylic acids is 1. The topological polar surface area (TPSA) is 69.6 Å². The molecule has 0 spiro atoms. The number of nitrogens with one attached hydrogen (secondary N) is 1. The summed E-state index contributed by atoms with van der Waals surface area (Å²) in [7, 11) is 1.47. The monoisotopic (exact) mass is 200 g/mol. The van der Waals surface area contributed by atoms with Crippen molar-refractivity contribution >= 4 is 12.0 Å². The van der Waals surface area contributed by atoms with Gasteiger partial charge in [0.2, 0.25) is 0 Å². The first-order valence-electron chi connectivity index (χ1n) is 4.80. The van der Waals surface area contributed by atoms with E-state index in [4.69, 9.17) is 5.11 Å². The molecule has 80 valence electrons. The third-order valence-electron chi connectivity index (χ3n) is 2.24. The molecule has 2 amide bonds. The van der Waals surface area contributed by atoms with Crippen LogP contribution in [0.5, 0.6) is 0 Å². The molecular weight excluding hydrogens is 184 g/mol. The fourth-order valence-corrected chi connectivity index (χ4v) is 1.20. The highest BCUT2D eigenvalue weighted by Gasteiger charge is 2.21. The van der Waals surface area contributed by atoms with Gasteiger partial charge in [0.05, 0.1) is 0 Å². The Morgan fingerprint density at radius 3 is 2.64 bits per heavy atom. The van der Waals surface area contributed by atoms with E-state index in [9.17, 15) is 9.59 Å². The van der Waals surface area contributed by atoms with Crippen LogP contribution in [-0.4, -0.2) is 42.1 Å². The fourth-order valence-electron chi connectivity index (χ4n) is 1.20. The lowest BCUT2D eigenvalue weighted by atomic mass is 10.3. The van der Waals surface area contributed by atoms with Gasteiger partial charge in [0.15, 0.2) is 0 Å². The lowest BCUT2D eigenvalue weighted by molar-refractivity contribution is -0.137. The molecule has 0 atom stereocenters. The number of likely N-dealkylation sites (N-methyl/N-ethyl adjacent to an activating group) is 1. The van der Waals surface area contributed by atoms with Crippen LogP contribution in [0, 0.1) is 5.92 Å². The van der Waals surface area contributed by atoms with Crippen LogP contribution in [0.4, 0.5) is 4.79 Å². The molecule has 0 heterocycles. The largest absolute Gasteiger partial charge is 0.480 e. The van der Waals surface area contributed by atoms with Gasteiger partial charge in [0.1, 0.15) is 6.54 Å². The predicted molar refractivity (Wildman–Crippen MR) is 51.0 cm³/mol.